The summed E-state index contributed by atoms with van der Waals surface area (Å²) in [5.74, 6) is 0.469. The molecule has 0 saturated heterocycles. The number of methoxy groups -OCH3 is 1. The first-order valence-corrected chi connectivity index (χ1v) is 6.61. The van der Waals surface area contributed by atoms with Crippen LogP contribution in [0.3, 0.4) is 0 Å². The maximum Gasteiger partial charge on any atom is 0.220 e. The average molecular weight is 242 g/mol. The van der Waals surface area contributed by atoms with E-state index in [2.05, 4.69) is 10.6 Å². The van der Waals surface area contributed by atoms with Crippen LogP contribution < -0.4 is 10.6 Å². The molecule has 0 aromatic heterocycles. The van der Waals surface area contributed by atoms with Crippen LogP contribution >= 0.6 is 0 Å². The van der Waals surface area contributed by atoms with Crippen LogP contribution in [0.5, 0.6) is 0 Å². The quantitative estimate of drug-likeness (QED) is 0.738. The minimum absolute atomic E-state index is 0.169. The van der Waals surface area contributed by atoms with Crippen LogP contribution in [0, 0.1) is 5.92 Å². The first-order valence-electron chi connectivity index (χ1n) is 6.61. The van der Waals surface area contributed by atoms with Gasteiger partial charge in [-0.05, 0) is 38.6 Å². The molecule has 0 aromatic carbocycles. The first kappa shape index (κ1) is 14.5. The third-order valence-corrected chi connectivity index (χ3v) is 3.49. The second-order valence-electron chi connectivity index (χ2n) is 5.17. The molecule has 1 aliphatic rings. The Morgan fingerprint density at radius 2 is 1.88 bits per heavy atom. The molecule has 2 N–H and O–H groups in total. The van der Waals surface area contributed by atoms with E-state index < -0.39 is 0 Å². The number of hydrogen-bond donors (Lipinski definition) is 2. The van der Waals surface area contributed by atoms with Crippen molar-refractivity contribution in [2.75, 3.05) is 20.8 Å². The minimum Gasteiger partial charge on any atom is -0.384 e. The Kier molecular flexibility index (Phi) is 6.52. The van der Waals surface area contributed by atoms with Gasteiger partial charge in [0, 0.05) is 32.2 Å². The van der Waals surface area contributed by atoms with Crippen molar-refractivity contribution in [1.82, 2.24) is 10.6 Å². The van der Waals surface area contributed by atoms with Crippen molar-refractivity contribution in [2.45, 2.75) is 51.1 Å². The lowest BCUT2D eigenvalue weighted by molar-refractivity contribution is -0.123. The first-order chi connectivity index (χ1) is 8.15. The van der Waals surface area contributed by atoms with Crippen molar-refractivity contribution in [1.29, 1.82) is 0 Å². The fraction of sp³-hybridized carbons (Fsp3) is 0.923. The van der Waals surface area contributed by atoms with Crippen LogP contribution in [-0.4, -0.2) is 38.8 Å². The molecular formula is C13H26N2O2. The number of carbonyl (C=O) groups is 1. The molecule has 1 amide bonds. The van der Waals surface area contributed by atoms with Crippen molar-refractivity contribution >= 4 is 5.91 Å². The number of carbonyl (C=O) groups excluding carboxylic acids is 1. The highest BCUT2D eigenvalue weighted by molar-refractivity contribution is 5.76. The van der Waals surface area contributed by atoms with Gasteiger partial charge in [0.05, 0.1) is 0 Å². The Morgan fingerprint density at radius 3 is 2.41 bits per heavy atom. The highest BCUT2D eigenvalue weighted by Gasteiger charge is 2.21. The molecule has 0 bridgehead atoms. The molecular weight excluding hydrogens is 216 g/mol. The maximum absolute atomic E-state index is 11.8. The van der Waals surface area contributed by atoms with E-state index in [1.807, 2.05) is 14.0 Å². The highest BCUT2D eigenvalue weighted by atomic mass is 16.5. The van der Waals surface area contributed by atoms with Crippen LogP contribution in [0.1, 0.15) is 39.0 Å². The minimum atomic E-state index is 0.169. The van der Waals surface area contributed by atoms with Gasteiger partial charge in [-0.2, -0.15) is 0 Å². The van der Waals surface area contributed by atoms with Gasteiger partial charge in [0.15, 0.2) is 0 Å². The molecule has 1 fully saturated rings. The molecule has 0 spiro atoms. The lowest BCUT2D eigenvalue weighted by Crippen LogP contribution is -2.41. The number of amides is 1. The van der Waals surface area contributed by atoms with Gasteiger partial charge in [0.25, 0.3) is 0 Å². The molecule has 1 atom stereocenters. The monoisotopic (exact) mass is 242 g/mol. The average Bonchev–Trinajstić information content (AvgIpc) is 2.30. The summed E-state index contributed by atoms with van der Waals surface area (Å²) in [6.45, 7) is 2.70. The van der Waals surface area contributed by atoms with Crippen LogP contribution in [0.25, 0.3) is 0 Å². The topological polar surface area (TPSA) is 50.4 Å². The van der Waals surface area contributed by atoms with E-state index in [-0.39, 0.29) is 5.91 Å². The maximum atomic E-state index is 11.8. The largest absolute Gasteiger partial charge is 0.384 e. The molecule has 0 aliphatic heterocycles. The van der Waals surface area contributed by atoms with Gasteiger partial charge in [-0.15, -0.1) is 0 Å². The summed E-state index contributed by atoms with van der Waals surface area (Å²) in [5.41, 5.74) is 0. The van der Waals surface area contributed by atoms with E-state index in [1.54, 1.807) is 7.11 Å². The lowest BCUT2D eigenvalue weighted by atomic mass is 9.91. The SMILES string of the molecule is CNC1CCC(NC(=O)CC(C)COC)CC1. The summed E-state index contributed by atoms with van der Waals surface area (Å²) in [5, 5.41) is 6.43. The third kappa shape index (κ3) is 5.50. The van der Waals surface area contributed by atoms with Crippen molar-refractivity contribution in [3.63, 3.8) is 0 Å². The fourth-order valence-corrected chi connectivity index (χ4v) is 2.47. The molecule has 1 saturated carbocycles. The number of hydrogen-bond acceptors (Lipinski definition) is 3. The second kappa shape index (κ2) is 7.67. The van der Waals surface area contributed by atoms with Gasteiger partial charge in [-0.25, -0.2) is 0 Å². The Hall–Kier alpha value is -0.610. The summed E-state index contributed by atoms with van der Waals surface area (Å²) in [6.07, 6.45) is 5.08. The Bertz CT molecular complexity index is 225. The third-order valence-electron chi connectivity index (χ3n) is 3.49. The molecule has 1 unspecified atom stereocenters. The predicted octanol–water partition coefficient (Wildman–Crippen LogP) is 1.31. The smallest absolute Gasteiger partial charge is 0.220 e. The van der Waals surface area contributed by atoms with E-state index >= 15 is 0 Å². The van der Waals surface area contributed by atoms with Crippen molar-refractivity contribution < 1.29 is 9.53 Å². The number of nitrogens with one attached hydrogen (secondary N) is 2. The zero-order valence-corrected chi connectivity index (χ0v) is 11.3. The van der Waals surface area contributed by atoms with Crippen LogP contribution in [-0.2, 0) is 9.53 Å². The normalized spacial score (nSPS) is 26.5. The predicted molar refractivity (Wildman–Crippen MR) is 68.9 cm³/mol. The van der Waals surface area contributed by atoms with E-state index in [1.165, 1.54) is 0 Å². The Balaban J connectivity index is 2.19. The zero-order chi connectivity index (χ0) is 12.7. The van der Waals surface area contributed by atoms with E-state index in [9.17, 15) is 4.79 Å². The van der Waals surface area contributed by atoms with Gasteiger partial charge in [-0.3, -0.25) is 4.79 Å². The molecule has 17 heavy (non-hydrogen) atoms. The number of rotatable bonds is 6. The molecule has 1 aliphatic carbocycles. The summed E-state index contributed by atoms with van der Waals surface area (Å²) in [7, 11) is 3.68. The Labute approximate surface area is 104 Å². The van der Waals surface area contributed by atoms with Crippen LogP contribution in [0.2, 0.25) is 0 Å². The molecule has 0 aromatic rings. The van der Waals surface area contributed by atoms with Crippen LogP contribution in [0.15, 0.2) is 0 Å². The molecule has 4 nitrogen and oxygen atoms in total. The lowest BCUT2D eigenvalue weighted by Gasteiger charge is -2.29. The van der Waals surface area contributed by atoms with Crippen LogP contribution in [0.4, 0.5) is 0 Å². The second-order valence-corrected chi connectivity index (χ2v) is 5.17. The molecule has 4 heteroatoms. The van der Waals surface area contributed by atoms with Crippen molar-refractivity contribution in [3.05, 3.63) is 0 Å². The molecule has 0 heterocycles. The van der Waals surface area contributed by atoms with Gasteiger partial charge in [-0.1, -0.05) is 6.92 Å². The fourth-order valence-electron chi connectivity index (χ4n) is 2.47. The van der Waals surface area contributed by atoms with Gasteiger partial charge >= 0.3 is 0 Å². The summed E-state index contributed by atoms with van der Waals surface area (Å²) in [4.78, 5) is 11.8. The zero-order valence-electron chi connectivity index (χ0n) is 11.3. The highest BCUT2D eigenvalue weighted by Crippen LogP contribution is 2.18. The van der Waals surface area contributed by atoms with Crippen molar-refractivity contribution in [3.8, 4) is 0 Å². The summed E-state index contributed by atoms with van der Waals surface area (Å²) < 4.78 is 5.03. The van der Waals surface area contributed by atoms with E-state index in [4.69, 9.17) is 4.74 Å². The molecule has 1 rings (SSSR count). The standard InChI is InChI=1S/C13H26N2O2/c1-10(9-17-3)8-13(16)15-12-6-4-11(14-2)5-7-12/h10-12,14H,4-9H2,1-3H3,(H,15,16). The van der Waals surface area contributed by atoms with E-state index in [0.717, 1.165) is 25.7 Å². The van der Waals surface area contributed by atoms with Gasteiger partial charge < -0.3 is 15.4 Å². The molecule has 0 radical (unpaired) electrons. The van der Waals surface area contributed by atoms with E-state index in [0.29, 0.717) is 31.0 Å². The van der Waals surface area contributed by atoms with Gasteiger partial charge in [0.1, 0.15) is 0 Å². The number of ether oxygens (including phenoxy) is 1. The van der Waals surface area contributed by atoms with Gasteiger partial charge in [0.2, 0.25) is 5.91 Å². The Morgan fingerprint density at radius 1 is 1.29 bits per heavy atom. The van der Waals surface area contributed by atoms with Crippen molar-refractivity contribution in [2.24, 2.45) is 5.92 Å². The summed E-state index contributed by atoms with van der Waals surface area (Å²) >= 11 is 0. The summed E-state index contributed by atoms with van der Waals surface area (Å²) in [6, 6.07) is 1.01. The molecule has 100 valence electrons.